The van der Waals surface area contributed by atoms with Crippen molar-refractivity contribution >= 4 is 0 Å². The van der Waals surface area contributed by atoms with E-state index in [1.807, 2.05) is 0 Å². The highest BCUT2D eigenvalue weighted by molar-refractivity contribution is 5.05. The molecule has 0 aliphatic heterocycles. The smallest absolute Gasteiger partial charge is 0.330 e. The third-order valence-electron chi connectivity index (χ3n) is 2.58. The lowest BCUT2D eigenvalue weighted by Gasteiger charge is -2.19. The number of likely N-dealkylation sites (N-methyl/N-ethyl adjacent to an activating group) is 1. The lowest BCUT2D eigenvalue weighted by atomic mass is 10.1. The average Bonchev–Trinajstić information content (AvgIpc) is 2.73. The zero-order valence-electron chi connectivity index (χ0n) is 10.7. The number of ether oxygens (including phenoxy) is 1. The third kappa shape index (κ3) is 5.15. The van der Waals surface area contributed by atoms with Crippen molar-refractivity contribution < 1.29 is 22.3 Å². The Labute approximate surface area is 108 Å². The van der Waals surface area contributed by atoms with Crippen LogP contribution in [-0.4, -0.2) is 48.4 Å². The number of aromatic nitrogens is 2. The molecule has 8 heteroatoms. The van der Waals surface area contributed by atoms with Crippen molar-refractivity contribution in [1.82, 2.24) is 15.1 Å². The fourth-order valence-corrected chi connectivity index (χ4v) is 1.51. The molecule has 0 fully saturated rings. The molecule has 1 unspecified atom stereocenters. The van der Waals surface area contributed by atoms with Crippen LogP contribution in [0.5, 0.6) is 0 Å². The number of rotatable bonds is 8. The standard InChI is InChI=1S/C11H17F4N3O/c1-16-9(3-8-4-17-18(2)5-8)6-19-7-11(14,15)10(12)13/h4-5,9-10,16H,3,6-7H2,1-2H3. The Balaban J connectivity index is 2.37. The van der Waals surface area contributed by atoms with Crippen LogP contribution in [0.3, 0.4) is 0 Å². The number of halogens is 4. The number of nitrogens with zero attached hydrogens (tertiary/aromatic N) is 2. The molecule has 0 spiro atoms. The molecule has 0 radical (unpaired) electrons. The highest BCUT2D eigenvalue weighted by Crippen LogP contribution is 2.22. The second kappa shape index (κ2) is 6.85. The number of hydrogen-bond acceptors (Lipinski definition) is 3. The molecule has 1 atom stereocenters. The van der Waals surface area contributed by atoms with Crippen molar-refractivity contribution in [3.05, 3.63) is 18.0 Å². The molecule has 110 valence electrons. The lowest BCUT2D eigenvalue weighted by Crippen LogP contribution is -2.37. The molecule has 0 aliphatic carbocycles. The molecule has 1 rings (SSSR count). The third-order valence-corrected chi connectivity index (χ3v) is 2.58. The molecule has 0 aromatic carbocycles. The summed E-state index contributed by atoms with van der Waals surface area (Å²) in [7, 11) is 3.41. The SMILES string of the molecule is CNC(COCC(F)(F)C(F)F)Cc1cnn(C)c1. The monoisotopic (exact) mass is 283 g/mol. The van der Waals surface area contributed by atoms with E-state index in [1.54, 1.807) is 31.2 Å². The van der Waals surface area contributed by atoms with Gasteiger partial charge >= 0.3 is 12.3 Å². The molecule has 1 N–H and O–H groups in total. The molecular weight excluding hydrogens is 266 g/mol. The lowest BCUT2D eigenvalue weighted by molar-refractivity contribution is -0.166. The van der Waals surface area contributed by atoms with Gasteiger partial charge in [-0.2, -0.15) is 13.9 Å². The Hall–Kier alpha value is -1.15. The Bertz CT molecular complexity index is 384. The van der Waals surface area contributed by atoms with Crippen molar-refractivity contribution in [3.8, 4) is 0 Å². The van der Waals surface area contributed by atoms with E-state index in [1.165, 1.54) is 0 Å². The van der Waals surface area contributed by atoms with Crippen LogP contribution < -0.4 is 5.32 Å². The zero-order chi connectivity index (χ0) is 14.5. The van der Waals surface area contributed by atoms with E-state index in [2.05, 4.69) is 15.2 Å². The Morgan fingerprint density at radius 2 is 2.16 bits per heavy atom. The fourth-order valence-electron chi connectivity index (χ4n) is 1.51. The molecular formula is C11H17F4N3O. The van der Waals surface area contributed by atoms with E-state index >= 15 is 0 Å². The van der Waals surface area contributed by atoms with Gasteiger partial charge in [0.2, 0.25) is 0 Å². The van der Waals surface area contributed by atoms with E-state index in [4.69, 9.17) is 0 Å². The minimum absolute atomic E-state index is 0.0757. The van der Waals surface area contributed by atoms with Gasteiger partial charge in [0.1, 0.15) is 6.61 Å². The van der Waals surface area contributed by atoms with Crippen LogP contribution in [0.2, 0.25) is 0 Å². The maximum absolute atomic E-state index is 12.6. The van der Waals surface area contributed by atoms with E-state index in [0.29, 0.717) is 6.42 Å². The second-order valence-corrected chi connectivity index (χ2v) is 4.29. The van der Waals surface area contributed by atoms with E-state index in [-0.39, 0.29) is 12.6 Å². The van der Waals surface area contributed by atoms with Gasteiger partial charge in [0.05, 0.1) is 12.8 Å². The summed E-state index contributed by atoms with van der Waals surface area (Å²) < 4.78 is 55.4. The number of nitrogens with one attached hydrogen (secondary N) is 1. The van der Waals surface area contributed by atoms with Crippen LogP contribution in [0, 0.1) is 0 Å². The normalized spacial score (nSPS) is 14.1. The van der Waals surface area contributed by atoms with E-state index in [0.717, 1.165) is 5.56 Å². The van der Waals surface area contributed by atoms with Gasteiger partial charge in [-0.3, -0.25) is 4.68 Å². The van der Waals surface area contributed by atoms with Crippen molar-refractivity contribution in [3.63, 3.8) is 0 Å². The number of alkyl halides is 4. The minimum atomic E-state index is -4.10. The zero-order valence-corrected chi connectivity index (χ0v) is 10.7. The first kappa shape index (κ1) is 15.9. The van der Waals surface area contributed by atoms with E-state index < -0.39 is 19.0 Å². The van der Waals surface area contributed by atoms with Crippen LogP contribution in [0.1, 0.15) is 5.56 Å². The molecule has 0 bridgehead atoms. The first-order chi connectivity index (χ1) is 8.85. The van der Waals surface area contributed by atoms with Crippen LogP contribution >= 0.6 is 0 Å². The fraction of sp³-hybridized carbons (Fsp3) is 0.727. The minimum Gasteiger partial charge on any atom is -0.373 e. The number of aryl methyl sites for hydroxylation is 1. The predicted octanol–water partition coefficient (Wildman–Crippen LogP) is 1.47. The molecule has 0 amide bonds. The maximum Gasteiger partial charge on any atom is 0.330 e. The highest BCUT2D eigenvalue weighted by Gasteiger charge is 2.41. The molecule has 0 saturated carbocycles. The Kier molecular flexibility index (Phi) is 5.74. The predicted molar refractivity (Wildman–Crippen MR) is 61.5 cm³/mol. The molecule has 19 heavy (non-hydrogen) atoms. The first-order valence-electron chi connectivity index (χ1n) is 5.73. The quantitative estimate of drug-likeness (QED) is 0.734. The summed E-state index contributed by atoms with van der Waals surface area (Å²) >= 11 is 0. The summed E-state index contributed by atoms with van der Waals surface area (Å²) in [5.41, 5.74) is 0.908. The molecule has 1 heterocycles. The Morgan fingerprint density at radius 3 is 2.63 bits per heavy atom. The number of hydrogen-bond donors (Lipinski definition) is 1. The van der Waals surface area contributed by atoms with Crippen molar-refractivity contribution in [2.75, 3.05) is 20.3 Å². The van der Waals surface area contributed by atoms with Crippen molar-refractivity contribution in [2.45, 2.75) is 24.8 Å². The second-order valence-electron chi connectivity index (χ2n) is 4.29. The molecule has 1 aromatic heterocycles. The van der Waals surface area contributed by atoms with Gasteiger partial charge < -0.3 is 10.1 Å². The molecule has 1 aromatic rings. The summed E-state index contributed by atoms with van der Waals surface area (Å²) in [4.78, 5) is 0. The van der Waals surface area contributed by atoms with Gasteiger partial charge in [-0.1, -0.05) is 0 Å². The van der Waals surface area contributed by atoms with Gasteiger partial charge in [-0.25, -0.2) is 8.78 Å². The first-order valence-corrected chi connectivity index (χ1v) is 5.73. The van der Waals surface area contributed by atoms with Gasteiger partial charge in [0.15, 0.2) is 0 Å². The summed E-state index contributed by atoms with van der Waals surface area (Å²) in [6, 6.07) is -0.238. The van der Waals surface area contributed by atoms with Crippen molar-refractivity contribution in [1.29, 1.82) is 0 Å². The van der Waals surface area contributed by atoms with Gasteiger partial charge in [0, 0.05) is 19.3 Å². The summed E-state index contributed by atoms with van der Waals surface area (Å²) in [5.74, 6) is -4.10. The highest BCUT2D eigenvalue weighted by atomic mass is 19.3. The summed E-state index contributed by atoms with van der Waals surface area (Å²) in [5, 5.41) is 6.86. The summed E-state index contributed by atoms with van der Waals surface area (Å²) in [6.07, 6.45) is 0.250. The summed E-state index contributed by atoms with van der Waals surface area (Å²) in [6.45, 7) is -1.36. The van der Waals surface area contributed by atoms with E-state index in [9.17, 15) is 17.6 Å². The van der Waals surface area contributed by atoms with Gasteiger partial charge in [-0.05, 0) is 19.0 Å². The molecule has 4 nitrogen and oxygen atoms in total. The Morgan fingerprint density at radius 1 is 1.47 bits per heavy atom. The molecule has 0 saturated heterocycles. The maximum atomic E-state index is 12.6. The van der Waals surface area contributed by atoms with Crippen LogP contribution in [0.4, 0.5) is 17.6 Å². The molecule has 0 aliphatic rings. The topological polar surface area (TPSA) is 39.1 Å². The van der Waals surface area contributed by atoms with Gasteiger partial charge in [0.25, 0.3) is 0 Å². The van der Waals surface area contributed by atoms with Crippen molar-refractivity contribution in [2.24, 2.45) is 7.05 Å². The van der Waals surface area contributed by atoms with Crippen LogP contribution in [0.15, 0.2) is 12.4 Å². The van der Waals surface area contributed by atoms with Gasteiger partial charge in [-0.15, -0.1) is 0 Å². The van der Waals surface area contributed by atoms with Crippen LogP contribution in [-0.2, 0) is 18.2 Å². The van der Waals surface area contributed by atoms with Crippen LogP contribution in [0.25, 0.3) is 0 Å². The largest absolute Gasteiger partial charge is 0.373 e. The average molecular weight is 283 g/mol.